The second kappa shape index (κ2) is 11.5. The summed E-state index contributed by atoms with van der Waals surface area (Å²) in [5.41, 5.74) is 0. The average Bonchev–Trinajstić information content (AvgIpc) is 2.38. The molecule has 2 atom stereocenters. The fourth-order valence-corrected chi connectivity index (χ4v) is 1.54. The molecule has 0 rings (SSSR count). The summed E-state index contributed by atoms with van der Waals surface area (Å²) in [5.74, 6) is -1.16. The molecule has 0 saturated carbocycles. The molecule has 0 spiro atoms. The van der Waals surface area contributed by atoms with Crippen LogP contribution in [-0.2, 0) is 23.8 Å². The van der Waals surface area contributed by atoms with Gasteiger partial charge in [0.05, 0.1) is 25.4 Å². The molecule has 0 saturated heterocycles. The van der Waals surface area contributed by atoms with E-state index in [1.807, 2.05) is 20.8 Å². The van der Waals surface area contributed by atoms with E-state index in [1.54, 1.807) is 6.92 Å². The van der Waals surface area contributed by atoms with E-state index < -0.39 is 5.97 Å². The molecule has 0 radical (unpaired) electrons. The van der Waals surface area contributed by atoms with Crippen LogP contribution in [0.2, 0.25) is 0 Å². The van der Waals surface area contributed by atoms with Crippen LogP contribution in [-0.4, -0.2) is 48.6 Å². The standard InChI is InChI=1S/C15H28O6/c1-11(2)19-9-12(3)20-10-13(4)21-15(18)8-6-5-7-14(16)17/h11-13H,5-10H2,1-4H3,(H,16,17). The third-order valence-electron chi connectivity index (χ3n) is 2.63. The molecule has 0 aliphatic rings. The summed E-state index contributed by atoms with van der Waals surface area (Å²) >= 11 is 0. The molecule has 0 aromatic carbocycles. The molecule has 0 fully saturated rings. The molecule has 6 nitrogen and oxygen atoms in total. The summed E-state index contributed by atoms with van der Waals surface area (Å²) in [4.78, 5) is 21.8. The molecular weight excluding hydrogens is 276 g/mol. The van der Waals surface area contributed by atoms with Crippen LogP contribution in [0.5, 0.6) is 0 Å². The zero-order valence-corrected chi connectivity index (χ0v) is 13.5. The normalized spacial score (nSPS) is 14.0. The first-order valence-electron chi connectivity index (χ1n) is 7.45. The first kappa shape index (κ1) is 19.9. The lowest BCUT2D eigenvalue weighted by Gasteiger charge is -2.18. The van der Waals surface area contributed by atoms with E-state index in [0.717, 1.165) is 0 Å². The second-order valence-corrected chi connectivity index (χ2v) is 5.43. The van der Waals surface area contributed by atoms with Gasteiger partial charge in [0.2, 0.25) is 0 Å². The summed E-state index contributed by atoms with van der Waals surface area (Å²) in [6.07, 6.45) is 1.12. The van der Waals surface area contributed by atoms with Crippen LogP contribution in [0.25, 0.3) is 0 Å². The molecule has 1 N–H and O–H groups in total. The number of hydrogen-bond donors (Lipinski definition) is 1. The number of unbranched alkanes of at least 4 members (excludes halogenated alkanes) is 1. The van der Waals surface area contributed by atoms with Crippen molar-refractivity contribution in [1.82, 2.24) is 0 Å². The van der Waals surface area contributed by atoms with E-state index in [2.05, 4.69) is 0 Å². The lowest BCUT2D eigenvalue weighted by atomic mass is 10.2. The van der Waals surface area contributed by atoms with Crippen molar-refractivity contribution in [3.05, 3.63) is 0 Å². The first-order chi connectivity index (χ1) is 9.81. The summed E-state index contributed by atoms with van der Waals surface area (Å²) in [6.45, 7) is 8.42. The van der Waals surface area contributed by atoms with E-state index in [-0.39, 0.29) is 37.1 Å². The van der Waals surface area contributed by atoms with E-state index in [0.29, 0.717) is 26.1 Å². The Morgan fingerprint density at radius 3 is 2.05 bits per heavy atom. The van der Waals surface area contributed by atoms with Gasteiger partial charge in [-0.3, -0.25) is 9.59 Å². The van der Waals surface area contributed by atoms with Crippen LogP contribution in [0.1, 0.15) is 53.4 Å². The van der Waals surface area contributed by atoms with E-state index in [4.69, 9.17) is 19.3 Å². The summed E-state index contributed by atoms with van der Waals surface area (Å²) in [5, 5.41) is 8.48. The number of ether oxygens (including phenoxy) is 3. The maximum atomic E-state index is 11.5. The number of carbonyl (C=O) groups is 2. The molecule has 6 heteroatoms. The summed E-state index contributed by atoms with van der Waals surface area (Å²) in [6, 6.07) is 0. The minimum atomic E-state index is -0.845. The van der Waals surface area contributed by atoms with Crippen molar-refractivity contribution < 1.29 is 28.9 Å². The smallest absolute Gasteiger partial charge is 0.306 e. The third-order valence-corrected chi connectivity index (χ3v) is 2.63. The van der Waals surface area contributed by atoms with Crippen molar-refractivity contribution >= 4 is 11.9 Å². The van der Waals surface area contributed by atoms with Gasteiger partial charge < -0.3 is 19.3 Å². The molecule has 0 heterocycles. The van der Waals surface area contributed by atoms with Gasteiger partial charge in [0.25, 0.3) is 0 Å². The molecule has 2 unspecified atom stereocenters. The van der Waals surface area contributed by atoms with E-state index in [9.17, 15) is 9.59 Å². The molecule has 0 aromatic rings. The zero-order valence-electron chi connectivity index (χ0n) is 13.5. The molecule has 124 valence electrons. The monoisotopic (exact) mass is 304 g/mol. The van der Waals surface area contributed by atoms with Gasteiger partial charge in [0.1, 0.15) is 6.10 Å². The predicted molar refractivity (Wildman–Crippen MR) is 78.2 cm³/mol. The molecule has 0 aliphatic heterocycles. The molecular formula is C15H28O6. The number of carboxylic acid groups (broad SMARTS) is 1. The Hall–Kier alpha value is -1.14. The highest BCUT2D eigenvalue weighted by molar-refractivity contribution is 5.70. The van der Waals surface area contributed by atoms with E-state index >= 15 is 0 Å². The topological polar surface area (TPSA) is 82.1 Å². The predicted octanol–water partition coefficient (Wildman–Crippen LogP) is 2.39. The van der Waals surface area contributed by atoms with Crippen LogP contribution >= 0.6 is 0 Å². The van der Waals surface area contributed by atoms with Gasteiger partial charge in [-0.05, 0) is 40.5 Å². The average molecular weight is 304 g/mol. The van der Waals surface area contributed by atoms with Crippen molar-refractivity contribution in [1.29, 1.82) is 0 Å². The molecule has 0 amide bonds. The first-order valence-corrected chi connectivity index (χ1v) is 7.45. The third kappa shape index (κ3) is 13.6. The highest BCUT2D eigenvalue weighted by Crippen LogP contribution is 2.05. The van der Waals surface area contributed by atoms with Gasteiger partial charge in [0.15, 0.2) is 0 Å². The Labute approximate surface area is 126 Å². The summed E-state index contributed by atoms with van der Waals surface area (Å²) < 4.78 is 16.1. The molecule has 0 bridgehead atoms. The number of hydrogen-bond acceptors (Lipinski definition) is 5. The Morgan fingerprint density at radius 1 is 0.905 bits per heavy atom. The minimum Gasteiger partial charge on any atom is -0.481 e. The SMILES string of the molecule is CC(C)OCC(C)OCC(C)OC(=O)CCCCC(=O)O. The Kier molecular flexibility index (Phi) is 10.9. The van der Waals surface area contributed by atoms with Crippen molar-refractivity contribution in [2.75, 3.05) is 13.2 Å². The van der Waals surface area contributed by atoms with Gasteiger partial charge in [-0.1, -0.05) is 0 Å². The van der Waals surface area contributed by atoms with Crippen molar-refractivity contribution in [2.45, 2.75) is 71.7 Å². The lowest BCUT2D eigenvalue weighted by molar-refractivity contribution is -0.153. The number of carbonyl (C=O) groups excluding carboxylic acids is 1. The van der Waals surface area contributed by atoms with Gasteiger partial charge in [0, 0.05) is 12.8 Å². The Morgan fingerprint density at radius 2 is 1.48 bits per heavy atom. The maximum absolute atomic E-state index is 11.5. The van der Waals surface area contributed by atoms with Gasteiger partial charge in [-0.2, -0.15) is 0 Å². The number of carboxylic acids is 1. The van der Waals surface area contributed by atoms with Crippen molar-refractivity contribution in [3.63, 3.8) is 0 Å². The lowest BCUT2D eigenvalue weighted by Crippen LogP contribution is -2.26. The van der Waals surface area contributed by atoms with E-state index in [1.165, 1.54) is 0 Å². The highest BCUT2D eigenvalue weighted by atomic mass is 16.6. The van der Waals surface area contributed by atoms with Gasteiger partial charge >= 0.3 is 11.9 Å². The van der Waals surface area contributed by atoms with Gasteiger partial charge in [-0.15, -0.1) is 0 Å². The molecule has 0 aliphatic carbocycles. The number of aliphatic carboxylic acids is 1. The Balaban J connectivity index is 3.65. The van der Waals surface area contributed by atoms with Gasteiger partial charge in [-0.25, -0.2) is 0 Å². The van der Waals surface area contributed by atoms with Crippen molar-refractivity contribution in [2.24, 2.45) is 0 Å². The number of esters is 1. The van der Waals surface area contributed by atoms with Crippen LogP contribution in [0.4, 0.5) is 0 Å². The van der Waals surface area contributed by atoms with Crippen molar-refractivity contribution in [3.8, 4) is 0 Å². The van der Waals surface area contributed by atoms with Crippen LogP contribution in [0.15, 0.2) is 0 Å². The highest BCUT2D eigenvalue weighted by Gasteiger charge is 2.12. The van der Waals surface area contributed by atoms with Crippen LogP contribution in [0, 0.1) is 0 Å². The van der Waals surface area contributed by atoms with Crippen LogP contribution in [0.3, 0.4) is 0 Å². The second-order valence-electron chi connectivity index (χ2n) is 5.43. The maximum Gasteiger partial charge on any atom is 0.306 e. The largest absolute Gasteiger partial charge is 0.481 e. The van der Waals surface area contributed by atoms with Crippen LogP contribution < -0.4 is 0 Å². The quantitative estimate of drug-likeness (QED) is 0.440. The molecule has 0 aromatic heterocycles. The summed E-state index contributed by atoms with van der Waals surface area (Å²) in [7, 11) is 0. The fraction of sp³-hybridized carbons (Fsp3) is 0.867. The Bertz CT molecular complexity index is 303. The fourth-order valence-electron chi connectivity index (χ4n) is 1.54. The number of rotatable bonds is 12. The molecule has 21 heavy (non-hydrogen) atoms. The minimum absolute atomic E-state index is 0.0517. The zero-order chi connectivity index (χ0) is 16.3.